The summed E-state index contributed by atoms with van der Waals surface area (Å²) in [5, 5.41) is 13.6. The lowest BCUT2D eigenvalue weighted by Gasteiger charge is -2.31. The van der Waals surface area contributed by atoms with Crippen molar-refractivity contribution in [2.45, 2.75) is 58.2 Å². The average molecular weight is 311 g/mol. The standard InChI is InChI=1S/C17H27ClN2O/c1-13(2)19-12-14-7-8-17(16(18)11-14)20(9-10-21)15-5-3-4-6-15/h7-8,11,13,15,19,21H,3-6,9-10,12H2,1-2H3. The first-order valence-corrected chi connectivity index (χ1v) is 8.39. The summed E-state index contributed by atoms with van der Waals surface area (Å²) in [7, 11) is 0. The van der Waals surface area contributed by atoms with Crippen LogP contribution in [0.5, 0.6) is 0 Å². The summed E-state index contributed by atoms with van der Waals surface area (Å²) in [6.45, 7) is 5.94. The summed E-state index contributed by atoms with van der Waals surface area (Å²) < 4.78 is 0. The van der Waals surface area contributed by atoms with E-state index in [0.29, 0.717) is 18.6 Å². The van der Waals surface area contributed by atoms with E-state index in [1.54, 1.807) is 0 Å². The number of anilines is 1. The van der Waals surface area contributed by atoms with Gasteiger partial charge in [-0.15, -0.1) is 0 Å². The van der Waals surface area contributed by atoms with Crippen molar-refractivity contribution in [3.63, 3.8) is 0 Å². The number of nitrogens with zero attached hydrogens (tertiary/aromatic N) is 1. The van der Waals surface area contributed by atoms with Gasteiger partial charge in [0, 0.05) is 25.2 Å². The number of hydrogen-bond donors (Lipinski definition) is 2. The molecule has 0 atom stereocenters. The highest BCUT2D eigenvalue weighted by Gasteiger charge is 2.24. The summed E-state index contributed by atoms with van der Waals surface area (Å²) in [6.07, 6.45) is 4.96. The average Bonchev–Trinajstić information content (AvgIpc) is 2.97. The third kappa shape index (κ3) is 4.60. The molecule has 0 amide bonds. The lowest BCUT2D eigenvalue weighted by Crippen LogP contribution is -2.35. The van der Waals surface area contributed by atoms with Gasteiger partial charge in [-0.2, -0.15) is 0 Å². The van der Waals surface area contributed by atoms with E-state index >= 15 is 0 Å². The number of nitrogens with one attached hydrogen (secondary N) is 1. The largest absolute Gasteiger partial charge is 0.395 e. The Labute approximate surface area is 133 Å². The second-order valence-corrected chi connectivity index (χ2v) is 6.58. The van der Waals surface area contributed by atoms with Gasteiger partial charge in [0.1, 0.15) is 0 Å². The zero-order valence-electron chi connectivity index (χ0n) is 13.1. The number of halogens is 1. The molecule has 3 nitrogen and oxygen atoms in total. The fourth-order valence-corrected chi connectivity index (χ4v) is 3.35. The van der Waals surface area contributed by atoms with Crippen LogP contribution >= 0.6 is 11.6 Å². The molecule has 1 fully saturated rings. The van der Waals surface area contributed by atoms with Crippen molar-refractivity contribution in [3.8, 4) is 0 Å². The third-order valence-electron chi connectivity index (χ3n) is 4.14. The Morgan fingerprint density at radius 1 is 1.33 bits per heavy atom. The first kappa shape index (κ1) is 16.6. The Morgan fingerprint density at radius 3 is 2.62 bits per heavy atom. The summed E-state index contributed by atoms with van der Waals surface area (Å²) in [6, 6.07) is 7.27. The Balaban J connectivity index is 2.12. The molecule has 2 rings (SSSR count). The van der Waals surface area contributed by atoms with Gasteiger partial charge in [0.2, 0.25) is 0 Å². The van der Waals surface area contributed by atoms with Crippen LogP contribution in [0.1, 0.15) is 45.1 Å². The zero-order chi connectivity index (χ0) is 15.2. The van der Waals surface area contributed by atoms with Crippen molar-refractivity contribution in [2.75, 3.05) is 18.1 Å². The summed E-state index contributed by atoms with van der Waals surface area (Å²) >= 11 is 6.50. The van der Waals surface area contributed by atoms with Crippen molar-refractivity contribution in [1.29, 1.82) is 0 Å². The third-order valence-corrected chi connectivity index (χ3v) is 4.45. The van der Waals surface area contributed by atoms with Crippen LogP contribution in [0.4, 0.5) is 5.69 Å². The number of aliphatic hydroxyl groups is 1. The normalized spacial score (nSPS) is 15.9. The molecule has 1 saturated carbocycles. The molecule has 0 spiro atoms. The Hall–Kier alpha value is -0.770. The second kappa shape index (κ2) is 8.02. The minimum absolute atomic E-state index is 0.170. The van der Waals surface area contributed by atoms with Crippen molar-refractivity contribution >= 4 is 17.3 Å². The number of aliphatic hydroxyl groups excluding tert-OH is 1. The van der Waals surface area contributed by atoms with Gasteiger partial charge in [0.15, 0.2) is 0 Å². The second-order valence-electron chi connectivity index (χ2n) is 6.18. The van der Waals surface area contributed by atoms with E-state index in [2.05, 4.69) is 36.2 Å². The Bertz CT molecular complexity index is 444. The van der Waals surface area contributed by atoms with E-state index < -0.39 is 0 Å². The molecular weight excluding hydrogens is 284 g/mol. The van der Waals surface area contributed by atoms with E-state index in [-0.39, 0.29) is 6.61 Å². The maximum Gasteiger partial charge on any atom is 0.0642 e. The SMILES string of the molecule is CC(C)NCc1ccc(N(CCO)C2CCCC2)c(Cl)c1. The zero-order valence-corrected chi connectivity index (χ0v) is 13.9. The molecule has 1 aromatic carbocycles. The predicted molar refractivity (Wildman–Crippen MR) is 90.1 cm³/mol. The maximum atomic E-state index is 9.35. The van der Waals surface area contributed by atoms with Crippen LogP contribution in [0, 0.1) is 0 Å². The minimum atomic E-state index is 0.170. The molecule has 2 N–H and O–H groups in total. The highest BCUT2D eigenvalue weighted by molar-refractivity contribution is 6.33. The number of benzene rings is 1. The summed E-state index contributed by atoms with van der Waals surface area (Å²) in [4.78, 5) is 2.29. The number of hydrogen-bond acceptors (Lipinski definition) is 3. The van der Waals surface area contributed by atoms with Gasteiger partial charge < -0.3 is 15.3 Å². The van der Waals surface area contributed by atoms with E-state index in [4.69, 9.17) is 11.6 Å². The molecule has 0 radical (unpaired) electrons. The topological polar surface area (TPSA) is 35.5 Å². The molecule has 0 unspecified atom stereocenters. The first-order chi connectivity index (χ1) is 10.1. The molecule has 21 heavy (non-hydrogen) atoms. The molecule has 0 aliphatic heterocycles. The molecule has 118 valence electrons. The highest BCUT2D eigenvalue weighted by Crippen LogP contribution is 2.33. The smallest absolute Gasteiger partial charge is 0.0642 e. The van der Waals surface area contributed by atoms with E-state index in [1.807, 2.05) is 6.07 Å². The van der Waals surface area contributed by atoms with Gasteiger partial charge in [0.25, 0.3) is 0 Å². The maximum absolute atomic E-state index is 9.35. The molecule has 0 bridgehead atoms. The first-order valence-electron chi connectivity index (χ1n) is 8.01. The van der Waals surface area contributed by atoms with Crippen molar-refractivity contribution in [2.24, 2.45) is 0 Å². The van der Waals surface area contributed by atoms with Gasteiger partial charge in [0.05, 0.1) is 17.3 Å². The van der Waals surface area contributed by atoms with Crippen LogP contribution in [-0.2, 0) is 6.54 Å². The molecule has 1 aliphatic rings. The van der Waals surface area contributed by atoms with Crippen LogP contribution in [0.3, 0.4) is 0 Å². The molecule has 1 aromatic rings. The Morgan fingerprint density at radius 2 is 2.05 bits per heavy atom. The van der Waals surface area contributed by atoms with Crippen LogP contribution in [0.15, 0.2) is 18.2 Å². The van der Waals surface area contributed by atoms with Crippen LogP contribution in [0.2, 0.25) is 5.02 Å². The molecule has 0 saturated heterocycles. The fraction of sp³-hybridized carbons (Fsp3) is 0.647. The Kier molecular flexibility index (Phi) is 6.34. The van der Waals surface area contributed by atoms with Gasteiger partial charge in [-0.05, 0) is 30.5 Å². The molecule has 4 heteroatoms. The minimum Gasteiger partial charge on any atom is -0.395 e. The lowest BCUT2D eigenvalue weighted by atomic mass is 10.1. The van der Waals surface area contributed by atoms with Crippen molar-refractivity contribution in [3.05, 3.63) is 28.8 Å². The quantitative estimate of drug-likeness (QED) is 0.808. The van der Waals surface area contributed by atoms with E-state index in [0.717, 1.165) is 17.3 Å². The monoisotopic (exact) mass is 310 g/mol. The lowest BCUT2D eigenvalue weighted by molar-refractivity contribution is 0.297. The van der Waals surface area contributed by atoms with Crippen LogP contribution in [0.25, 0.3) is 0 Å². The van der Waals surface area contributed by atoms with E-state index in [9.17, 15) is 5.11 Å². The number of rotatable bonds is 7. The summed E-state index contributed by atoms with van der Waals surface area (Å²) in [5.41, 5.74) is 2.26. The van der Waals surface area contributed by atoms with E-state index in [1.165, 1.54) is 31.2 Å². The molecular formula is C17H27ClN2O. The van der Waals surface area contributed by atoms with Crippen LogP contribution < -0.4 is 10.2 Å². The molecule has 1 aliphatic carbocycles. The highest BCUT2D eigenvalue weighted by atomic mass is 35.5. The molecule has 0 heterocycles. The fourth-order valence-electron chi connectivity index (χ4n) is 3.04. The van der Waals surface area contributed by atoms with Gasteiger partial charge in [-0.25, -0.2) is 0 Å². The van der Waals surface area contributed by atoms with Crippen LogP contribution in [-0.4, -0.2) is 30.3 Å². The predicted octanol–water partition coefficient (Wildman–Crippen LogP) is 3.58. The summed E-state index contributed by atoms with van der Waals surface area (Å²) in [5.74, 6) is 0. The van der Waals surface area contributed by atoms with Crippen molar-refractivity contribution < 1.29 is 5.11 Å². The van der Waals surface area contributed by atoms with Gasteiger partial charge in [-0.1, -0.05) is 44.4 Å². The molecule has 0 aromatic heterocycles. The van der Waals surface area contributed by atoms with Gasteiger partial charge >= 0.3 is 0 Å². The van der Waals surface area contributed by atoms with Gasteiger partial charge in [-0.3, -0.25) is 0 Å². The van der Waals surface area contributed by atoms with Crippen molar-refractivity contribution in [1.82, 2.24) is 5.32 Å².